The molecule has 3 aliphatic heterocycles. The van der Waals surface area contributed by atoms with Crippen LogP contribution in [0.15, 0.2) is 18.2 Å². The van der Waals surface area contributed by atoms with Gasteiger partial charge in [-0.3, -0.25) is 4.90 Å². The van der Waals surface area contributed by atoms with Crippen LogP contribution < -0.4 is 10.1 Å². The van der Waals surface area contributed by atoms with Crippen LogP contribution in [0.1, 0.15) is 51.0 Å². The standard InChI is InChI=1S/C22H33FN2O3/c1-21(2,26)7-10-27-20-4-3-17(23)11-19(20)16-5-8-25(9-6-16)18-12-22(28-13-18)14-24-15-22/h3-4,11,16,18,24,26H,5-10,12-15H2,1-2H3. The molecule has 3 saturated heterocycles. The van der Waals surface area contributed by atoms with E-state index in [1.807, 2.05) is 0 Å². The molecular weight excluding hydrogens is 359 g/mol. The fourth-order valence-electron chi connectivity index (χ4n) is 4.66. The minimum Gasteiger partial charge on any atom is -0.493 e. The number of nitrogens with one attached hydrogen (secondary N) is 1. The Labute approximate surface area is 167 Å². The number of halogens is 1. The quantitative estimate of drug-likeness (QED) is 0.780. The summed E-state index contributed by atoms with van der Waals surface area (Å²) in [6.07, 6.45) is 3.68. The smallest absolute Gasteiger partial charge is 0.123 e. The van der Waals surface area contributed by atoms with Gasteiger partial charge in [0.2, 0.25) is 0 Å². The Balaban J connectivity index is 1.35. The van der Waals surface area contributed by atoms with Gasteiger partial charge in [0.25, 0.3) is 0 Å². The van der Waals surface area contributed by atoms with Crippen LogP contribution in [0.25, 0.3) is 0 Å². The highest BCUT2D eigenvalue weighted by Crippen LogP contribution is 2.38. The Bertz CT molecular complexity index is 679. The van der Waals surface area contributed by atoms with E-state index in [0.717, 1.165) is 63.4 Å². The average molecular weight is 393 g/mol. The van der Waals surface area contributed by atoms with Gasteiger partial charge >= 0.3 is 0 Å². The number of rotatable bonds is 6. The fourth-order valence-corrected chi connectivity index (χ4v) is 4.66. The first kappa shape index (κ1) is 20.1. The first-order chi connectivity index (χ1) is 13.3. The van der Waals surface area contributed by atoms with Crippen LogP contribution in [0, 0.1) is 5.82 Å². The summed E-state index contributed by atoms with van der Waals surface area (Å²) in [5.41, 5.74) is 0.297. The van der Waals surface area contributed by atoms with Crippen molar-refractivity contribution in [2.45, 2.75) is 62.7 Å². The maximum atomic E-state index is 13.9. The molecule has 4 rings (SSSR count). The van der Waals surface area contributed by atoms with E-state index >= 15 is 0 Å². The predicted octanol–water partition coefficient (Wildman–Crippen LogP) is 2.68. The lowest BCUT2D eigenvalue weighted by molar-refractivity contribution is -0.0367. The number of piperidine rings is 1. The summed E-state index contributed by atoms with van der Waals surface area (Å²) in [6.45, 7) is 8.79. The molecule has 0 aliphatic carbocycles. The molecule has 1 aromatic carbocycles. The molecule has 0 bridgehead atoms. The van der Waals surface area contributed by atoms with E-state index in [9.17, 15) is 9.50 Å². The molecule has 28 heavy (non-hydrogen) atoms. The number of benzene rings is 1. The zero-order chi connectivity index (χ0) is 19.8. The summed E-state index contributed by atoms with van der Waals surface area (Å²) in [7, 11) is 0. The van der Waals surface area contributed by atoms with Crippen LogP contribution in [0.2, 0.25) is 0 Å². The Morgan fingerprint density at radius 1 is 1.32 bits per heavy atom. The minimum atomic E-state index is -0.762. The van der Waals surface area contributed by atoms with Gasteiger partial charge in [-0.2, -0.15) is 0 Å². The summed E-state index contributed by atoms with van der Waals surface area (Å²) >= 11 is 0. The van der Waals surface area contributed by atoms with Gasteiger partial charge in [-0.25, -0.2) is 4.39 Å². The fraction of sp³-hybridized carbons (Fsp3) is 0.727. The van der Waals surface area contributed by atoms with E-state index in [2.05, 4.69) is 10.2 Å². The van der Waals surface area contributed by atoms with Crippen molar-refractivity contribution in [1.82, 2.24) is 10.2 Å². The second-order valence-electron chi connectivity index (χ2n) is 9.36. The van der Waals surface area contributed by atoms with Crippen molar-refractivity contribution in [3.8, 4) is 5.75 Å². The predicted molar refractivity (Wildman–Crippen MR) is 106 cm³/mol. The number of hydrogen-bond acceptors (Lipinski definition) is 5. The molecule has 1 spiro atoms. The molecular formula is C22H33FN2O3. The monoisotopic (exact) mass is 392 g/mol. The highest BCUT2D eigenvalue weighted by atomic mass is 19.1. The highest BCUT2D eigenvalue weighted by Gasteiger charge is 2.47. The lowest BCUT2D eigenvalue weighted by Gasteiger charge is -2.40. The van der Waals surface area contributed by atoms with Gasteiger partial charge in [-0.15, -0.1) is 0 Å². The van der Waals surface area contributed by atoms with E-state index in [1.165, 1.54) is 6.07 Å². The maximum Gasteiger partial charge on any atom is 0.123 e. The third kappa shape index (κ3) is 4.51. The van der Waals surface area contributed by atoms with E-state index in [1.54, 1.807) is 26.0 Å². The average Bonchev–Trinajstić information content (AvgIpc) is 3.08. The maximum absolute atomic E-state index is 13.9. The zero-order valence-electron chi connectivity index (χ0n) is 17.0. The summed E-state index contributed by atoms with van der Waals surface area (Å²) in [5.74, 6) is 0.856. The van der Waals surface area contributed by atoms with Crippen LogP contribution in [-0.2, 0) is 4.74 Å². The molecule has 5 nitrogen and oxygen atoms in total. The molecule has 6 heteroatoms. The van der Waals surface area contributed by atoms with Gasteiger partial charge in [0.15, 0.2) is 0 Å². The number of aliphatic hydroxyl groups is 1. The third-order valence-corrected chi connectivity index (χ3v) is 6.51. The molecule has 1 aromatic rings. The van der Waals surface area contributed by atoms with Gasteiger partial charge in [0.1, 0.15) is 11.6 Å². The second-order valence-corrected chi connectivity index (χ2v) is 9.36. The normalized spacial score (nSPS) is 25.8. The Morgan fingerprint density at radius 2 is 2.07 bits per heavy atom. The largest absolute Gasteiger partial charge is 0.493 e. The lowest BCUT2D eigenvalue weighted by Crippen LogP contribution is -2.59. The molecule has 156 valence electrons. The SMILES string of the molecule is CC(C)(O)CCOc1ccc(F)cc1C1CCN(C2COC3(CNC3)C2)CC1. The first-order valence-electron chi connectivity index (χ1n) is 10.6. The molecule has 1 atom stereocenters. The second kappa shape index (κ2) is 7.90. The van der Waals surface area contributed by atoms with Crippen LogP contribution >= 0.6 is 0 Å². The summed E-state index contributed by atoms with van der Waals surface area (Å²) < 4.78 is 25.9. The Morgan fingerprint density at radius 3 is 2.68 bits per heavy atom. The summed E-state index contributed by atoms with van der Waals surface area (Å²) in [4.78, 5) is 2.55. The summed E-state index contributed by atoms with van der Waals surface area (Å²) in [5, 5.41) is 13.2. The molecule has 0 radical (unpaired) electrons. The number of likely N-dealkylation sites (tertiary alicyclic amines) is 1. The molecule has 1 unspecified atom stereocenters. The molecule has 2 N–H and O–H groups in total. The van der Waals surface area contributed by atoms with Crippen molar-refractivity contribution in [2.24, 2.45) is 0 Å². The van der Waals surface area contributed by atoms with Crippen molar-refractivity contribution in [2.75, 3.05) is 39.4 Å². The Hall–Kier alpha value is -1.21. The van der Waals surface area contributed by atoms with E-state index in [-0.39, 0.29) is 11.4 Å². The van der Waals surface area contributed by atoms with Gasteiger partial charge in [-0.1, -0.05) is 0 Å². The molecule has 0 aromatic heterocycles. The highest BCUT2D eigenvalue weighted by molar-refractivity contribution is 5.37. The number of ether oxygens (including phenoxy) is 2. The van der Waals surface area contributed by atoms with Crippen LogP contribution in [0.5, 0.6) is 5.75 Å². The zero-order valence-corrected chi connectivity index (χ0v) is 17.0. The summed E-state index contributed by atoms with van der Waals surface area (Å²) in [6, 6.07) is 5.34. The molecule has 3 heterocycles. The molecule has 0 saturated carbocycles. The van der Waals surface area contributed by atoms with Crippen LogP contribution in [0.3, 0.4) is 0 Å². The first-order valence-corrected chi connectivity index (χ1v) is 10.6. The molecule has 3 aliphatic rings. The molecule has 3 fully saturated rings. The minimum absolute atomic E-state index is 0.0889. The van der Waals surface area contributed by atoms with Crippen molar-refractivity contribution < 1.29 is 19.0 Å². The van der Waals surface area contributed by atoms with Gasteiger partial charge in [0.05, 0.1) is 24.4 Å². The number of nitrogens with zero attached hydrogens (tertiary/aromatic N) is 1. The van der Waals surface area contributed by atoms with Gasteiger partial charge < -0.3 is 19.9 Å². The van der Waals surface area contributed by atoms with Crippen LogP contribution in [-0.4, -0.2) is 66.6 Å². The van der Waals surface area contributed by atoms with Crippen molar-refractivity contribution >= 4 is 0 Å². The Kier molecular flexibility index (Phi) is 5.67. The molecule has 0 amide bonds. The topological polar surface area (TPSA) is 54.0 Å². The van der Waals surface area contributed by atoms with E-state index in [4.69, 9.17) is 9.47 Å². The third-order valence-electron chi connectivity index (χ3n) is 6.51. The van der Waals surface area contributed by atoms with Crippen LogP contribution in [0.4, 0.5) is 4.39 Å². The van der Waals surface area contributed by atoms with Gasteiger partial charge in [-0.05, 0) is 70.3 Å². The van der Waals surface area contributed by atoms with Crippen molar-refractivity contribution in [3.05, 3.63) is 29.6 Å². The van der Waals surface area contributed by atoms with E-state index < -0.39 is 5.60 Å². The van der Waals surface area contributed by atoms with Crippen molar-refractivity contribution in [3.63, 3.8) is 0 Å². The van der Waals surface area contributed by atoms with Crippen molar-refractivity contribution in [1.29, 1.82) is 0 Å². The number of hydrogen-bond donors (Lipinski definition) is 2. The van der Waals surface area contributed by atoms with Gasteiger partial charge in [0, 0.05) is 31.1 Å². The van der Waals surface area contributed by atoms with E-state index in [0.29, 0.717) is 25.0 Å². The lowest BCUT2D eigenvalue weighted by atomic mass is 9.86.